The highest BCUT2D eigenvalue weighted by Crippen LogP contribution is 2.15. The maximum atomic E-state index is 5.58. The van der Waals surface area contributed by atoms with Gasteiger partial charge in [0, 0.05) is 23.7 Å². The van der Waals surface area contributed by atoms with Crippen molar-refractivity contribution in [1.29, 1.82) is 0 Å². The fraction of sp³-hybridized carbons (Fsp3) is 0.643. The maximum Gasteiger partial charge on any atom is 0.253 e. The second-order valence-corrected chi connectivity index (χ2v) is 6.35. The Labute approximate surface area is 124 Å². The lowest BCUT2D eigenvalue weighted by atomic mass is 10.1. The molecular weight excluding hydrogens is 272 g/mol. The lowest BCUT2D eigenvalue weighted by molar-refractivity contribution is 0.138. The van der Waals surface area contributed by atoms with Crippen LogP contribution < -0.4 is 0 Å². The lowest BCUT2D eigenvalue weighted by Crippen LogP contribution is -2.02. The van der Waals surface area contributed by atoms with Gasteiger partial charge in [0.25, 0.3) is 5.78 Å². The monoisotopic (exact) mass is 294 g/mol. The Kier molecular flexibility index (Phi) is 5.37. The van der Waals surface area contributed by atoms with Crippen molar-refractivity contribution in [2.75, 3.05) is 19.0 Å². The first-order chi connectivity index (χ1) is 9.56. The summed E-state index contributed by atoms with van der Waals surface area (Å²) in [4.78, 5) is 8.81. The molecular formula is C14H22N4OS. The van der Waals surface area contributed by atoms with E-state index in [0.717, 1.165) is 41.9 Å². The molecule has 0 radical (unpaired) electrons. The second kappa shape index (κ2) is 7.04. The SMILES string of the molecule is Cc1cc(C)n2nc(SCCOCCC(C)C)nc2n1. The number of nitrogens with zero attached hydrogens (tertiary/aromatic N) is 4. The van der Waals surface area contributed by atoms with E-state index in [9.17, 15) is 0 Å². The summed E-state index contributed by atoms with van der Waals surface area (Å²) in [7, 11) is 0. The van der Waals surface area contributed by atoms with Crippen LogP contribution in [0.4, 0.5) is 0 Å². The highest BCUT2D eigenvalue weighted by atomic mass is 32.2. The third-order valence-electron chi connectivity index (χ3n) is 2.90. The van der Waals surface area contributed by atoms with E-state index in [0.29, 0.717) is 11.7 Å². The van der Waals surface area contributed by atoms with Crippen molar-refractivity contribution in [2.24, 2.45) is 5.92 Å². The highest BCUT2D eigenvalue weighted by molar-refractivity contribution is 7.99. The number of hydrogen-bond donors (Lipinski definition) is 0. The van der Waals surface area contributed by atoms with E-state index in [4.69, 9.17) is 4.74 Å². The molecule has 0 N–H and O–H groups in total. The van der Waals surface area contributed by atoms with E-state index in [-0.39, 0.29) is 0 Å². The van der Waals surface area contributed by atoms with E-state index in [1.54, 1.807) is 16.3 Å². The molecule has 110 valence electrons. The fourth-order valence-corrected chi connectivity index (χ4v) is 2.49. The second-order valence-electron chi connectivity index (χ2n) is 5.29. The molecule has 0 aliphatic carbocycles. The lowest BCUT2D eigenvalue weighted by Gasteiger charge is -2.04. The topological polar surface area (TPSA) is 52.3 Å². The van der Waals surface area contributed by atoms with Crippen LogP contribution in [0.2, 0.25) is 0 Å². The molecule has 2 aromatic rings. The molecule has 0 bridgehead atoms. The van der Waals surface area contributed by atoms with Crippen LogP contribution in [0.1, 0.15) is 31.7 Å². The Bertz CT molecular complexity index is 568. The van der Waals surface area contributed by atoms with E-state index in [1.807, 2.05) is 19.9 Å². The predicted octanol–water partition coefficient (Wildman–Crippen LogP) is 2.90. The van der Waals surface area contributed by atoms with Gasteiger partial charge in [0.15, 0.2) is 0 Å². The molecule has 0 saturated carbocycles. The van der Waals surface area contributed by atoms with Gasteiger partial charge in [0.2, 0.25) is 5.16 Å². The van der Waals surface area contributed by atoms with Crippen LogP contribution in [0.5, 0.6) is 0 Å². The number of rotatable bonds is 7. The molecule has 0 amide bonds. The third-order valence-corrected chi connectivity index (χ3v) is 3.70. The molecule has 20 heavy (non-hydrogen) atoms. The zero-order chi connectivity index (χ0) is 14.5. The van der Waals surface area contributed by atoms with Gasteiger partial charge in [-0.15, -0.1) is 5.10 Å². The third kappa shape index (κ3) is 4.18. The summed E-state index contributed by atoms with van der Waals surface area (Å²) in [5, 5.41) is 5.21. The number of hydrogen-bond acceptors (Lipinski definition) is 5. The molecule has 0 aliphatic rings. The number of thioether (sulfide) groups is 1. The van der Waals surface area contributed by atoms with Crippen LogP contribution in [-0.2, 0) is 4.74 Å². The predicted molar refractivity (Wildman–Crippen MR) is 81.3 cm³/mol. The Hall–Kier alpha value is -1.14. The van der Waals surface area contributed by atoms with Crippen molar-refractivity contribution >= 4 is 17.5 Å². The summed E-state index contributed by atoms with van der Waals surface area (Å²) < 4.78 is 7.37. The highest BCUT2D eigenvalue weighted by Gasteiger charge is 2.07. The molecule has 2 rings (SSSR count). The zero-order valence-electron chi connectivity index (χ0n) is 12.6. The molecule has 0 unspecified atom stereocenters. The molecule has 0 spiro atoms. The molecule has 0 aliphatic heterocycles. The number of ether oxygens (including phenoxy) is 1. The van der Waals surface area contributed by atoms with Crippen LogP contribution in [0.15, 0.2) is 11.2 Å². The van der Waals surface area contributed by atoms with E-state index < -0.39 is 0 Å². The van der Waals surface area contributed by atoms with Crippen molar-refractivity contribution in [3.63, 3.8) is 0 Å². The van der Waals surface area contributed by atoms with Gasteiger partial charge in [-0.05, 0) is 32.3 Å². The van der Waals surface area contributed by atoms with Gasteiger partial charge < -0.3 is 4.74 Å². The minimum absolute atomic E-state index is 0.672. The summed E-state index contributed by atoms with van der Waals surface area (Å²) in [5.41, 5.74) is 2.02. The Balaban J connectivity index is 1.83. The van der Waals surface area contributed by atoms with E-state index in [2.05, 4.69) is 28.9 Å². The van der Waals surface area contributed by atoms with Crippen LogP contribution in [0.3, 0.4) is 0 Å². The summed E-state index contributed by atoms with van der Waals surface area (Å²) in [5.74, 6) is 2.23. The molecule has 6 heteroatoms. The van der Waals surface area contributed by atoms with Gasteiger partial charge in [0.1, 0.15) is 0 Å². The normalized spacial score (nSPS) is 11.7. The largest absolute Gasteiger partial charge is 0.381 e. The standard InChI is InChI=1S/C14H22N4OS/c1-10(2)5-6-19-7-8-20-14-16-13-15-11(3)9-12(4)18(13)17-14/h9-10H,5-8H2,1-4H3. The minimum atomic E-state index is 0.672. The molecule has 0 fully saturated rings. The molecule has 0 aromatic carbocycles. The number of aryl methyl sites for hydroxylation is 2. The first kappa shape index (κ1) is 15.3. The molecule has 5 nitrogen and oxygen atoms in total. The van der Waals surface area contributed by atoms with Crippen molar-refractivity contribution < 1.29 is 4.74 Å². The van der Waals surface area contributed by atoms with Gasteiger partial charge in [-0.25, -0.2) is 9.50 Å². The molecule has 0 saturated heterocycles. The average Bonchev–Trinajstić information content (AvgIpc) is 2.76. The summed E-state index contributed by atoms with van der Waals surface area (Å²) in [6, 6.07) is 2.01. The summed E-state index contributed by atoms with van der Waals surface area (Å²) >= 11 is 1.61. The molecule has 2 heterocycles. The van der Waals surface area contributed by atoms with Crippen molar-refractivity contribution in [3.05, 3.63) is 17.5 Å². The van der Waals surface area contributed by atoms with Crippen molar-refractivity contribution in [2.45, 2.75) is 39.3 Å². The van der Waals surface area contributed by atoms with Crippen LogP contribution in [-0.4, -0.2) is 38.5 Å². The first-order valence-corrected chi connectivity index (χ1v) is 7.96. The van der Waals surface area contributed by atoms with Gasteiger partial charge in [-0.3, -0.25) is 0 Å². The smallest absolute Gasteiger partial charge is 0.253 e. The molecule has 0 atom stereocenters. The fourth-order valence-electron chi connectivity index (χ4n) is 1.82. The van der Waals surface area contributed by atoms with Gasteiger partial charge in [0.05, 0.1) is 6.61 Å². The summed E-state index contributed by atoms with van der Waals surface area (Å²) in [6.07, 6.45) is 1.11. The minimum Gasteiger partial charge on any atom is -0.381 e. The van der Waals surface area contributed by atoms with E-state index >= 15 is 0 Å². The Morgan fingerprint density at radius 3 is 2.80 bits per heavy atom. The quantitative estimate of drug-likeness (QED) is 0.580. The average molecular weight is 294 g/mol. The van der Waals surface area contributed by atoms with Crippen LogP contribution in [0.25, 0.3) is 5.78 Å². The molecule has 2 aromatic heterocycles. The summed E-state index contributed by atoms with van der Waals surface area (Å²) in [6.45, 7) is 9.96. The number of fused-ring (bicyclic) bond motifs is 1. The first-order valence-electron chi connectivity index (χ1n) is 6.98. The van der Waals surface area contributed by atoms with Gasteiger partial charge in [-0.1, -0.05) is 25.6 Å². The van der Waals surface area contributed by atoms with Crippen LogP contribution in [0, 0.1) is 19.8 Å². The van der Waals surface area contributed by atoms with Crippen LogP contribution >= 0.6 is 11.8 Å². The Morgan fingerprint density at radius 2 is 2.05 bits per heavy atom. The Morgan fingerprint density at radius 1 is 1.25 bits per heavy atom. The van der Waals surface area contributed by atoms with Gasteiger partial charge >= 0.3 is 0 Å². The van der Waals surface area contributed by atoms with Gasteiger partial charge in [-0.2, -0.15) is 4.98 Å². The number of aromatic nitrogens is 4. The van der Waals surface area contributed by atoms with Crippen molar-refractivity contribution in [3.8, 4) is 0 Å². The van der Waals surface area contributed by atoms with E-state index in [1.165, 1.54) is 0 Å². The van der Waals surface area contributed by atoms with Crippen molar-refractivity contribution in [1.82, 2.24) is 19.6 Å². The maximum absolute atomic E-state index is 5.58. The zero-order valence-corrected chi connectivity index (χ0v) is 13.4.